The van der Waals surface area contributed by atoms with E-state index in [-0.39, 0.29) is 6.10 Å². The molecule has 4 heteroatoms. The van der Waals surface area contributed by atoms with Gasteiger partial charge in [-0.15, -0.1) is 11.3 Å². The number of nitrogens with zero attached hydrogens (tertiary/aromatic N) is 1. The highest BCUT2D eigenvalue weighted by atomic mass is 32.1. The molecule has 1 saturated heterocycles. The lowest BCUT2D eigenvalue weighted by Crippen LogP contribution is -2.35. The number of thiazole rings is 1. The minimum Gasteiger partial charge on any atom is -0.372 e. The first kappa shape index (κ1) is 13.0. The Kier molecular flexibility index (Phi) is 4.54. The van der Waals surface area contributed by atoms with Gasteiger partial charge in [-0.25, -0.2) is 4.98 Å². The van der Waals surface area contributed by atoms with E-state index in [2.05, 4.69) is 36.5 Å². The van der Waals surface area contributed by atoms with Crippen molar-refractivity contribution in [2.45, 2.75) is 45.8 Å². The zero-order chi connectivity index (χ0) is 12.3. The number of aromatic nitrogens is 1. The van der Waals surface area contributed by atoms with Gasteiger partial charge in [-0.2, -0.15) is 0 Å². The predicted octanol–water partition coefficient (Wildman–Crippen LogP) is 2.92. The van der Waals surface area contributed by atoms with Crippen LogP contribution in [0.3, 0.4) is 0 Å². The topological polar surface area (TPSA) is 34.1 Å². The second-order valence-corrected chi connectivity index (χ2v) is 6.11. The minimum atomic E-state index is 0.194. The number of rotatable bonds is 4. The molecule has 0 amide bonds. The van der Waals surface area contributed by atoms with Gasteiger partial charge in [0.05, 0.1) is 10.7 Å². The van der Waals surface area contributed by atoms with E-state index >= 15 is 0 Å². The average Bonchev–Trinajstić information content (AvgIpc) is 2.73. The summed E-state index contributed by atoms with van der Waals surface area (Å²) in [7, 11) is 0. The lowest BCUT2D eigenvalue weighted by Gasteiger charge is -2.31. The highest BCUT2D eigenvalue weighted by Crippen LogP contribution is 2.33. The summed E-state index contributed by atoms with van der Waals surface area (Å²) in [5, 5.41) is 6.79. The SMILES string of the molecule is Cc1nc(C2OCCCC2CNC(C)C)cs1. The lowest BCUT2D eigenvalue weighted by molar-refractivity contribution is -0.0304. The van der Waals surface area contributed by atoms with Crippen LogP contribution in [0.25, 0.3) is 0 Å². The summed E-state index contributed by atoms with van der Waals surface area (Å²) >= 11 is 1.71. The highest BCUT2D eigenvalue weighted by molar-refractivity contribution is 7.09. The number of hydrogen-bond donors (Lipinski definition) is 1. The summed E-state index contributed by atoms with van der Waals surface area (Å²) in [5.41, 5.74) is 1.13. The van der Waals surface area contributed by atoms with Crippen molar-refractivity contribution in [2.24, 2.45) is 5.92 Å². The van der Waals surface area contributed by atoms with E-state index in [0.29, 0.717) is 12.0 Å². The zero-order valence-corrected chi connectivity index (χ0v) is 11.7. The van der Waals surface area contributed by atoms with Crippen LogP contribution in [-0.2, 0) is 4.74 Å². The van der Waals surface area contributed by atoms with Crippen LogP contribution >= 0.6 is 11.3 Å². The monoisotopic (exact) mass is 254 g/mol. The normalized spacial score (nSPS) is 25.4. The number of aryl methyl sites for hydroxylation is 1. The summed E-state index contributed by atoms with van der Waals surface area (Å²) in [5.74, 6) is 0.563. The van der Waals surface area contributed by atoms with Crippen molar-refractivity contribution in [3.8, 4) is 0 Å². The number of ether oxygens (including phenoxy) is 1. The van der Waals surface area contributed by atoms with Crippen molar-refractivity contribution in [1.29, 1.82) is 0 Å². The Hall–Kier alpha value is -0.450. The molecule has 2 atom stereocenters. The van der Waals surface area contributed by atoms with Crippen LogP contribution in [0.5, 0.6) is 0 Å². The van der Waals surface area contributed by atoms with E-state index < -0.39 is 0 Å². The first-order valence-corrected chi connectivity index (χ1v) is 7.32. The third kappa shape index (κ3) is 3.50. The van der Waals surface area contributed by atoms with Crippen LogP contribution in [0.1, 0.15) is 43.5 Å². The maximum absolute atomic E-state index is 5.93. The fraction of sp³-hybridized carbons (Fsp3) is 0.769. The molecule has 1 aliphatic heterocycles. The molecule has 0 radical (unpaired) electrons. The third-order valence-corrected chi connectivity index (χ3v) is 3.95. The van der Waals surface area contributed by atoms with Gasteiger partial charge in [-0.3, -0.25) is 0 Å². The summed E-state index contributed by atoms with van der Waals surface area (Å²) in [6.45, 7) is 8.33. The highest BCUT2D eigenvalue weighted by Gasteiger charge is 2.28. The molecule has 17 heavy (non-hydrogen) atoms. The Balaban J connectivity index is 2.01. The van der Waals surface area contributed by atoms with Crippen molar-refractivity contribution in [3.63, 3.8) is 0 Å². The average molecular weight is 254 g/mol. The van der Waals surface area contributed by atoms with Crippen molar-refractivity contribution in [2.75, 3.05) is 13.2 Å². The van der Waals surface area contributed by atoms with Gasteiger partial charge in [0.25, 0.3) is 0 Å². The van der Waals surface area contributed by atoms with Crippen molar-refractivity contribution >= 4 is 11.3 Å². The molecule has 0 saturated carbocycles. The van der Waals surface area contributed by atoms with E-state index in [1.54, 1.807) is 11.3 Å². The fourth-order valence-corrected chi connectivity index (χ4v) is 2.91. The standard InChI is InChI=1S/C13H22N2OS/c1-9(2)14-7-11-5-4-6-16-13(11)12-8-17-10(3)15-12/h8-9,11,13-14H,4-7H2,1-3H3. The molecule has 0 aliphatic carbocycles. The van der Waals surface area contributed by atoms with Gasteiger partial charge < -0.3 is 10.1 Å². The predicted molar refractivity (Wildman–Crippen MR) is 71.4 cm³/mol. The molecule has 2 rings (SSSR count). The smallest absolute Gasteiger partial charge is 0.104 e. The molecular weight excluding hydrogens is 232 g/mol. The number of hydrogen-bond acceptors (Lipinski definition) is 4. The van der Waals surface area contributed by atoms with E-state index in [1.165, 1.54) is 12.8 Å². The Morgan fingerprint density at radius 2 is 2.41 bits per heavy atom. The molecule has 0 spiro atoms. The first-order chi connectivity index (χ1) is 8.16. The Bertz CT molecular complexity index is 351. The molecule has 1 fully saturated rings. The summed E-state index contributed by atoms with van der Waals surface area (Å²) < 4.78 is 5.93. The summed E-state index contributed by atoms with van der Waals surface area (Å²) in [6.07, 6.45) is 2.60. The van der Waals surface area contributed by atoms with Gasteiger partial charge in [0.1, 0.15) is 6.10 Å². The molecule has 3 nitrogen and oxygen atoms in total. The van der Waals surface area contributed by atoms with Gasteiger partial charge >= 0.3 is 0 Å². The van der Waals surface area contributed by atoms with Crippen LogP contribution in [0.2, 0.25) is 0 Å². The van der Waals surface area contributed by atoms with Gasteiger partial charge in [0.15, 0.2) is 0 Å². The molecule has 1 aliphatic rings. The first-order valence-electron chi connectivity index (χ1n) is 6.44. The van der Waals surface area contributed by atoms with Crippen molar-refractivity contribution in [1.82, 2.24) is 10.3 Å². The largest absolute Gasteiger partial charge is 0.372 e. The van der Waals surface area contributed by atoms with Gasteiger partial charge in [0, 0.05) is 30.5 Å². The lowest BCUT2D eigenvalue weighted by atomic mass is 9.92. The van der Waals surface area contributed by atoms with Gasteiger partial charge in [-0.1, -0.05) is 13.8 Å². The quantitative estimate of drug-likeness (QED) is 0.897. The van der Waals surface area contributed by atoms with Gasteiger partial charge in [0.2, 0.25) is 0 Å². The van der Waals surface area contributed by atoms with Crippen LogP contribution in [0.4, 0.5) is 0 Å². The molecular formula is C13H22N2OS. The molecule has 1 aromatic rings. The van der Waals surface area contributed by atoms with Gasteiger partial charge in [-0.05, 0) is 19.8 Å². The molecule has 2 unspecified atom stereocenters. The molecule has 1 aromatic heterocycles. The Morgan fingerprint density at radius 3 is 3.06 bits per heavy atom. The molecule has 2 heterocycles. The van der Waals surface area contributed by atoms with E-state index in [9.17, 15) is 0 Å². The fourth-order valence-electron chi connectivity index (χ4n) is 2.28. The molecule has 0 bridgehead atoms. The third-order valence-electron chi connectivity index (χ3n) is 3.16. The minimum absolute atomic E-state index is 0.194. The van der Waals surface area contributed by atoms with Crippen molar-refractivity contribution in [3.05, 3.63) is 16.1 Å². The summed E-state index contributed by atoms with van der Waals surface area (Å²) in [6, 6.07) is 0.537. The van der Waals surface area contributed by atoms with E-state index in [4.69, 9.17) is 4.74 Å². The maximum Gasteiger partial charge on any atom is 0.104 e. The molecule has 96 valence electrons. The Labute approximate surface area is 108 Å². The molecule has 0 aromatic carbocycles. The van der Waals surface area contributed by atoms with Crippen LogP contribution in [0.15, 0.2) is 5.38 Å². The van der Waals surface area contributed by atoms with E-state index in [1.807, 2.05) is 0 Å². The van der Waals surface area contributed by atoms with E-state index in [0.717, 1.165) is 23.9 Å². The van der Waals surface area contributed by atoms with Crippen LogP contribution in [0, 0.1) is 12.8 Å². The van der Waals surface area contributed by atoms with Crippen molar-refractivity contribution < 1.29 is 4.74 Å². The van der Waals surface area contributed by atoms with Crippen LogP contribution in [-0.4, -0.2) is 24.2 Å². The Morgan fingerprint density at radius 1 is 1.59 bits per heavy atom. The second-order valence-electron chi connectivity index (χ2n) is 5.05. The van der Waals surface area contributed by atoms with Crippen LogP contribution < -0.4 is 5.32 Å². The summed E-state index contributed by atoms with van der Waals surface area (Å²) in [4.78, 5) is 4.58. The second kappa shape index (κ2) is 5.94. The molecule has 1 N–H and O–H groups in total. The zero-order valence-electron chi connectivity index (χ0n) is 10.9. The number of nitrogens with one attached hydrogen (secondary N) is 1. The maximum atomic E-state index is 5.93.